The van der Waals surface area contributed by atoms with Crippen molar-refractivity contribution in [1.29, 1.82) is 0 Å². The van der Waals surface area contributed by atoms with Gasteiger partial charge in [0.25, 0.3) is 0 Å². The Bertz CT molecular complexity index is 2110. The molecule has 0 bridgehead atoms. The average molecular weight is 1070 g/mol. The molecule has 0 aromatic heterocycles. The molecular formula is C56H82Cl2N6O10. The summed E-state index contributed by atoms with van der Waals surface area (Å²) in [5, 5.41) is 10.7. The molecule has 0 radical (unpaired) electrons. The summed E-state index contributed by atoms with van der Waals surface area (Å²) in [5.74, 6) is -0.00139. The van der Waals surface area contributed by atoms with Crippen molar-refractivity contribution in [2.45, 2.75) is 142 Å². The third-order valence-electron chi connectivity index (χ3n) is 9.22. The van der Waals surface area contributed by atoms with Gasteiger partial charge in [-0.3, -0.25) is 9.59 Å². The van der Waals surface area contributed by atoms with Crippen LogP contribution in [-0.2, 0) is 41.8 Å². The lowest BCUT2D eigenvalue weighted by Crippen LogP contribution is -2.33. The third-order valence-corrected chi connectivity index (χ3v) is 10.0. The van der Waals surface area contributed by atoms with Gasteiger partial charge in [-0.25, -0.2) is 19.2 Å². The van der Waals surface area contributed by atoms with Gasteiger partial charge in [-0.15, -0.1) is 23.2 Å². The van der Waals surface area contributed by atoms with E-state index in [4.69, 9.17) is 44.1 Å². The zero-order valence-electron chi connectivity index (χ0n) is 44.6. The summed E-state index contributed by atoms with van der Waals surface area (Å²) < 4.78 is 19.4. The lowest BCUT2D eigenvalue weighted by Gasteiger charge is -2.19. The van der Waals surface area contributed by atoms with Gasteiger partial charge in [0.05, 0.1) is 10.8 Å². The molecule has 18 heteroatoms. The summed E-state index contributed by atoms with van der Waals surface area (Å²) >= 11 is 12.5. The molecule has 0 aliphatic carbocycles. The van der Waals surface area contributed by atoms with Crippen LogP contribution in [0, 0.1) is 0 Å². The lowest BCUT2D eigenvalue weighted by molar-refractivity contribution is -0.122. The maximum atomic E-state index is 11.9. The Balaban J connectivity index is 0.00000105. The van der Waals surface area contributed by atoms with E-state index in [0.29, 0.717) is 39.0 Å². The second kappa shape index (κ2) is 40.9. The van der Waals surface area contributed by atoms with Gasteiger partial charge < -0.3 is 51.7 Å². The Labute approximate surface area is 449 Å². The number of nitrogens with two attached hydrogens (primary N) is 2. The Morgan fingerprint density at radius 1 is 0.459 bits per heavy atom. The second-order valence-electron chi connectivity index (χ2n) is 18.0. The molecule has 0 aliphatic rings. The molecule has 4 aromatic rings. The van der Waals surface area contributed by atoms with Crippen molar-refractivity contribution in [1.82, 2.24) is 21.3 Å². The highest BCUT2D eigenvalue weighted by molar-refractivity contribution is 6.21. The normalized spacial score (nSPS) is 11.1. The minimum Gasteiger partial charge on any atom is -0.445 e. The van der Waals surface area contributed by atoms with Gasteiger partial charge in [0, 0.05) is 39.0 Å². The number of carbonyl (C=O) groups excluding carboxylic acids is 6. The highest BCUT2D eigenvalue weighted by Crippen LogP contribution is 2.20. The molecule has 0 fully saturated rings. The van der Waals surface area contributed by atoms with E-state index >= 15 is 0 Å². The zero-order valence-corrected chi connectivity index (χ0v) is 46.1. The maximum absolute atomic E-state index is 11.9. The topological polar surface area (TPSA) is 239 Å². The fraction of sp³-hybridized carbons (Fsp3) is 0.464. The Morgan fingerprint density at radius 3 is 1.15 bits per heavy atom. The first kappa shape index (κ1) is 67.5. The van der Waals surface area contributed by atoms with Crippen molar-refractivity contribution in [2.75, 3.05) is 26.2 Å². The largest absolute Gasteiger partial charge is 0.445 e. The number of alkyl carbamates (subject to hydrolysis) is 2. The number of ether oxygens (including phenoxy) is 4. The number of alkyl halides is 2. The number of hydrogen-bond donors (Lipinski definition) is 6. The highest BCUT2D eigenvalue weighted by atomic mass is 35.5. The zero-order chi connectivity index (χ0) is 55.6. The van der Waals surface area contributed by atoms with E-state index in [-0.39, 0.29) is 35.8 Å². The second-order valence-corrected chi connectivity index (χ2v) is 19.1. The molecule has 8 N–H and O–H groups in total. The highest BCUT2D eigenvalue weighted by Gasteiger charge is 2.16. The molecular weight excluding hydrogens is 988 g/mol. The van der Waals surface area contributed by atoms with Crippen molar-refractivity contribution < 1.29 is 47.7 Å². The molecule has 4 rings (SSSR count). The van der Waals surface area contributed by atoms with Crippen LogP contribution in [0.25, 0.3) is 0 Å². The van der Waals surface area contributed by atoms with E-state index in [9.17, 15) is 28.8 Å². The maximum Gasteiger partial charge on any atom is 0.407 e. The molecule has 2 atom stereocenters. The predicted molar refractivity (Wildman–Crippen MR) is 294 cm³/mol. The van der Waals surface area contributed by atoms with Crippen molar-refractivity contribution in [2.24, 2.45) is 11.5 Å². The summed E-state index contributed by atoms with van der Waals surface area (Å²) in [6.07, 6.45) is 3.51. The SMILES string of the molecule is CC.CC(C)(C)OC(=O)NCCCCCC(=O)NCC(Cl)c1ccccc1.CC(C)(C)OC(N)=O.NC(=O)OCc1ccccc1.O=C(CCCCCNC(=O)OCc1ccccc1)NCC(Cl)c1ccccc1. The van der Waals surface area contributed by atoms with Crippen molar-refractivity contribution in [3.05, 3.63) is 144 Å². The number of benzene rings is 4. The van der Waals surface area contributed by atoms with Crippen LogP contribution in [0.15, 0.2) is 121 Å². The number of carbonyl (C=O) groups is 6. The molecule has 0 spiro atoms. The smallest absolute Gasteiger partial charge is 0.407 e. The van der Waals surface area contributed by atoms with Crippen LogP contribution in [0.4, 0.5) is 19.2 Å². The Hall–Kier alpha value is -6.52. The minimum atomic E-state index is -0.742. The number of primary amides is 2. The first-order chi connectivity index (χ1) is 35.1. The summed E-state index contributed by atoms with van der Waals surface area (Å²) in [6.45, 7) is 17.2. The number of amides is 6. The van der Waals surface area contributed by atoms with Crippen LogP contribution in [0.1, 0.15) is 140 Å². The minimum absolute atomic E-state index is 0.00156. The van der Waals surface area contributed by atoms with Crippen LogP contribution in [-0.4, -0.2) is 73.6 Å². The summed E-state index contributed by atoms with van der Waals surface area (Å²) in [5.41, 5.74) is 12.4. The Morgan fingerprint density at radius 2 is 0.811 bits per heavy atom. The van der Waals surface area contributed by atoms with Gasteiger partial charge in [0.2, 0.25) is 11.8 Å². The number of unbranched alkanes of at least 4 members (excludes halogenated alkanes) is 4. The number of rotatable bonds is 22. The first-order valence-corrected chi connectivity index (χ1v) is 25.8. The molecule has 4 aromatic carbocycles. The molecule has 74 heavy (non-hydrogen) atoms. The van der Waals surface area contributed by atoms with Gasteiger partial charge in [0.15, 0.2) is 0 Å². The molecule has 16 nitrogen and oxygen atoms in total. The molecule has 0 heterocycles. The van der Waals surface area contributed by atoms with Gasteiger partial charge in [-0.2, -0.15) is 0 Å². The van der Waals surface area contributed by atoms with Crippen molar-refractivity contribution in [3.63, 3.8) is 0 Å². The van der Waals surface area contributed by atoms with E-state index in [1.165, 1.54) is 0 Å². The Kier molecular flexibility index (Phi) is 37.3. The molecule has 0 aliphatic heterocycles. The molecule has 0 saturated carbocycles. The predicted octanol–water partition coefficient (Wildman–Crippen LogP) is 11.9. The van der Waals surface area contributed by atoms with Crippen molar-refractivity contribution >= 4 is 59.4 Å². The van der Waals surface area contributed by atoms with Crippen LogP contribution < -0.4 is 32.7 Å². The van der Waals surface area contributed by atoms with Crippen LogP contribution in [0.3, 0.4) is 0 Å². The third kappa shape index (κ3) is 41.0. The van der Waals surface area contributed by atoms with E-state index in [1.54, 1.807) is 20.8 Å². The molecule has 410 valence electrons. The van der Waals surface area contributed by atoms with Gasteiger partial charge in [-0.05, 0) is 89.5 Å². The van der Waals surface area contributed by atoms with Crippen LogP contribution >= 0.6 is 23.2 Å². The average Bonchev–Trinajstić information content (AvgIpc) is 3.36. The monoisotopic (exact) mass is 1070 g/mol. The lowest BCUT2D eigenvalue weighted by atomic mass is 10.1. The fourth-order valence-corrected chi connectivity index (χ4v) is 6.26. The van der Waals surface area contributed by atoms with E-state index in [1.807, 2.05) is 156 Å². The van der Waals surface area contributed by atoms with E-state index in [0.717, 1.165) is 60.8 Å². The number of halogens is 2. The number of hydrogen-bond acceptors (Lipinski definition) is 10. The standard InChI is InChI=1S/C22H27ClN2O3.C19H29ClN2O3.C8H9NO2.C5H11NO2.C2H6/c23-20(19-12-6-2-7-13-19)16-25-21(26)14-8-3-9-15-24-22(27)28-17-18-10-4-1-5-11-18;1-19(2,3)25-18(24)21-13-9-5-8-12-17(23)22-14-16(20)15-10-6-4-7-11-15;9-8(10)11-6-7-4-2-1-3-5-7;1-5(2,3)8-4(6)7;1-2/h1-2,4-7,10-13,20H,3,8-9,14-17H2,(H,24,27)(H,25,26);4,6-7,10-11,16H,5,8-9,12-14H2,1-3H3,(H,21,24)(H,22,23);1-5H,6H2,(H2,9,10);1-3H3,(H2,6,7);1-2H3. The van der Waals surface area contributed by atoms with Gasteiger partial charge in [-0.1, -0.05) is 148 Å². The molecule has 2 unspecified atom stereocenters. The van der Waals surface area contributed by atoms with Gasteiger partial charge in [0.1, 0.15) is 24.4 Å². The molecule has 6 amide bonds. The summed E-state index contributed by atoms with van der Waals surface area (Å²) in [6, 6.07) is 38.3. The van der Waals surface area contributed by atoms with Crippen LogP contribution in [0.2, 0.25) is 0 Å². The quantitative estimate of drug-likeness (QED) is 0.0247. The van der Waals surface area contributed by atoms with Crippen LogP contribution in [0.5, 0.6) is 0 Å². The number of nitrogens with one attached hydrogen (secondary N) is 4. The fourth-order valence-electron chi connectivity index (χ4n) is 5.82. The van der Waals surface area contributed by atoms with Gasteiger partial charge >= 0.3 is 24.4 Å². The van der Waals surface area contributed by atoms with E-state index < -0.39 is 35.6 Å². The van der Waals surface area contributed by atoms with E-state index in [2.05, 4.69) is 30.7 Å². The first-order valence-electron chi connectivity index (χ1n) is 24.9. The summed E-state index contributed by atoms with van der Waals surface area (Å²) in [4.78, 5) is 67.0. The van der Waals surface area contributed by atoms with Crippen molar-refractivity contribution in [3.8, 4) is 0 Å². The molecule has 0 saturated heterocycles. The summed E-state index contributed by atoms with van der Waals surface area (Å²) in [7, 11) is 0.